The summed E-state index contributed by atoms with van der Waals surface area (Å²) < 4.78 is 19.2. The largest absolute Gasteiger partial charge is 0.441 e. The van der Waals surface area contributed by atoms with Crippen molar-refractivity contribution >= 4 is 15.9 Å². The fourth-order valence-corrected chi connectivity index (χ4v) is 1.96. The van der Waals surface area contributed by atoms with Crippen molar-refractivity contribution < 1.29 is 8.81 Å². The van der Waals surface area contributed by atoms with Gasteiger partial charge in [0.25, 0.3) is 0 Å². The maximum absolute atomic E-state index is 13.1. The Morgan fingerprint density at radius 1 is 1.44 bits per heavy atom. The minimum absolute atomic E-state index is 0.286. The minimum atomic E-state index is -0.286. The molecule has 18 heavy (non-hydrogen) atoms. The summed E-state index contributed by atoms with van der Waals surface area (Å²) in [5.74, 6) is 1.05. The fraction of sp³-hybridized carbons (Fsp3) is 0.308. The topological polar surface area (TPSA) is 38.1 Å². The fourth-order valence-electron chi connectivity index (χ4n) is 1.58. The molecular weight excluding hydrogens is 299 g/mol. The number of hydrogen-bond donors (Lipinski definition) is 1. The third-order valence-corrected chi connectivity index (χ3v) is 3.13. The van der Waals surface area contributed by atoms with Crippen LogP contribution < -0.4 is 5.32 Å². The molecule has 1 aromatic heterocycles. The second-order valence-corrected chi connectivity index (χ2v) is 4.71. The lowest BCUT2D eigenvalue weighted by Gasteiger charge is -1.99. The average Bonchev–Trinajstić information content (AvgIpc) is 2.82. The van der Waals surface area contributed by atoms with E-state index < -0.39 is 0 Å². The van der Waals surface area contributed by atoms with Crippen LogP contribution in [0.25, 0.3) is 11.3 Å². The lowest BCUT2D eigenvalue weighted by Crippen LogP contribution is -2.16. The monoisotopic (exact) mass is 312 g/mol. The summed E-state index contributed by atoms with van der Waals surface area (Å²) in [5, 5.41) is 3.21. The number of halogens is 2. The highest BCUT2D eigenvalue weighted by molar-refractivity contribution is 9.10. The van der Waals surface area contributed by atoms with E-state index in [0.29, 0.717) is 16.1 Å². The first kappa shape index (κ1) is 13.2. The molecule has 0 atom stereocenters. The highest BCUT2D eigenvalue weighted by Crippen LogP contribution is 2.25. The number of nitrogens with zero attached hydrogens (tertiary/aromatic N) is 1. The average molecular weight is 313 g/mol. The van der Waals surface area contributed by atoms with Crippen molar-refractivity contribution in [2.75, 3.05) is 13.1 Å². The zero-order valence-corrected chi connectivity index (χ0v) is 11.6. The van der Waals surface area contributed by atoms with E-state index in [9.17, 15) is 4.39 Å². The van der Waals surface area contributed by atoms with E-state index in [1.165, 1.54) is 6.07 Å². The Kier molecular flexibility index (Phi) is 4.49. The van der Waals surface area contributed by atoms with Crippen molar-refractivity contribution in [3.05, 3.63) is 40.6 Å². The zero-order chi connectivity index (χ0) is 13.0. The smallest absolute Gasteiger partial charge is 0.196 e. The second-order valence-electron chi connectivity index (χ2n) is 3.85. The SMILES string of the molecule is CCNCCc1ncc(-c2ccc(F)c(Br)c2)o1. The Labute approximate surface area is 114 Å². The quantitative estimate of drug-likeness (QED) is 0.860. The van der Waals surface area contributed by atoms with E-state index in [2.05, 4.69) is 33.2 Å². The van der Waals surface area contributed by atoms with Gasteiger partial charge in [0.2, 0.25) is 0 Å². The molecule has 0 saturated heterocycles. The minimum Gasteiger partial charge on any atom is -0.441 e. The first-order chi connectivity index (χ1) is 8.70. The predicted octanol–water partition coefficient (Wildman–Crippen LogP) is 3.40. The molecule has 0 radical (unpaired) electrons. The van der Waals surface area contributed by atoms with E-state index in [0.717, 1.165) is 25.1 Å². The maximum Gasteiger partial charge on any atom is 0.196 e. The van der Waals surface area contributed by atoms with Crippen molar-refractivity contribution in [1.29, 1.82) is 0 Å². The van der Waals surface area contributed by atoms with Gasteiger partial charge in [0, 0.05) is 18.5 Å². The molecule has 0 aliphatic heterocycles. The van der Waals surface area contributed by atoms with Crippen LogP contribution in [0.15, 0.2) is 33.3 Å². The standard InChI is InChI=1S/C13H14BrFN2O/c1-2-16-6-5-13-17-8-12(18-13)9-3-4-11(15)10(14)7-9/h3-4,7-8,16H,2,5-6H2,1H3. The van der Waals surface area contributed by atoms with Gasteiger partial charge in [0.15, 0.2) is 11.7 Å². The van der Waals surface area contributed by atoms with Gasteiger partial charge >= 0.3 is 0 Å². The molecule has 0 fully saturated rings. The summed E-state index contributed by atoms with van der Waals surface area (Å²) in [7, 11) is 0. The lowest BCUT2D eigenvalue weighted by molar-refractivity contribution is 0.497. The maximum atomic E-state index is 13.1. The molecule has 0 bridgehead atoms. The van der Waals surface area contributed by atoms with Gasteiger partial charge in [0.1, 0.15) is 5.82 Å². The van der Waals surface area contributed by atoms with Crippen LogP contribution in [0.3, 0.4) is 0 Å². The Balaban J connectivity index is 2.11. The summed E-state index contributed by atoms with van der Waals surface area (Å²) in [4.78, 5) is 4.20. The molecule has 2 aromatic rings. The number of aromatic nitrogens is 1. The van der Waals surface area contributed by atoms with Crippen molar-refractivity contribution in [3.63, 3.8) is 0 Å². The van der Waals surface area contributed by atoms with E-state index in [4.69, 9.17) is 4.42 Å². The first-order valence-corrected chi connectivity index (χ1v) is 6.61. The molecule has 0 unspecified atom stereocenters. The third-order valence-electron chi connectivity index (χ3n) is 2.52. The molecule has 0 saturated carbocycles. The van der Waals surface area contributed by atoms with Gasteiger partial charge in [-0.1, -0.05) is 6.92 Å². The molecular formula is C13H14BrFN2O. The summed E-state index contributed by atoms with van der Waals surface area (Å²) in [6.45, 7) is 3.82. The molecule has 96 valence electrons. The van der Waals surface area contributed by atoms with E-state index >= 15 is 0 Å². The van der Waals surface area contributed by atoms with Gasteiger partial charge < -0.3 is 9.73 Å². The number of oxazole rings is 1. The van der Waals surface area contributed by atoms with E-state index in [1.54, 1.807) is 18.3 Å². The third kappa shape index (κ3) is 3.17. The van der Waals surface area contributed by atoms with Crippen LogP contribution in [-0.4, -0.2) is 18.1 Å². The molecule has 1 N–H and O–H groups in total. The van der Waals surface area contributed by atoms with Crippen LogP contribution >= 0.6 is 15.9 Å². The van der Waals surface area contributed by atoms with Gasteiger partial charge in [0.05, 0.1) is 10.7 Å². The Hall–Kier alpha value is -1.20. The Morgan fingerprint density at radius 2 is 2.28 bits per heavy atom. The predicted molar refractivity (Wildman–Crippen MR) is 71.8 cm³/mol. The van der Waals surface area contributed by atoms with Gasteiger partial charge in [-0.05, 0) is 40.7 Å². The highest BCUT2D eigenvalue weighted by Gasteiger charge is 2.08. The second kappa shape index (κ2) is 6.11. The van der Waals surface area contributed by atoms with Gasteiger partial charge in [-0.2, -0.15) is 0 Å². The molecule has 3 nitrogen and oxygen atoms in total. The van der Waals surface area contributed by atoms with Crippen molar-refractivity contribution in [1.82, 2.24) is 10.3 Å². The number of benzene rings is 1. The van der Waals surface area contributed by atoms with Crippen molar-refractivity contribution in [3.8, 4) is 11.3 Å². The Morgan fingerprint density at radius 3 is 3.00 bits per heavy atom. The Bertz CT molecular complexity index is 527. The van der Waals surface area contributed by atoms with Crippen LogP contribution in [-0.2, 0) is 6.42 Å². The van der Waals surface area contributed by atoms with Gasteiger partial charge in [-0.15, -0.1) is 0 Å². The summed E-state index contributed by atoms with van der Waals surface area (Å²) >= 11 is 3.15. The van der Waals surface area contributed by atoms with Crippen LogP contribution in [0, 0.1) is 5.82 Å². The molecule has 2 rings (SSSR count). The molecule has 1 heterocycles. The van der Waals surface area contributed by atoms with Gasteiger partial charge in [-0.25, -0.2) is 9.37 Å². The highest BCUT2D eigenvalue weighted by atomic mass is 79.9. The first-order valence-electron chi connectivity index (χ1n) is 5.81. The van der Waals surface area contributed by atoms with Crippen LogP contribution in [0.5, 0.6) is 0 Å². The van der Waals surface area contributed by atoms with Crippen LogP contribution in [0.1, 0.15) is 12.8 Å². The zero-order valence-electron chi connectivity index (χ0n) is 10.0. The van der Waals surface area contributed by atoms with E-state index in [-0.39, 0.29) is 5.82 Å². The lowest BCUT2D eigenvalue weighted by atomic mass is 10.2. The summed E-state index contributed by atoms with van der Waals surface area (Å²) in [6, 6.07) is 4.76. The van der Waals surface area contributed by atoms with E-state index in [1.807, 2.05) is 0 Å². The van der Waals surface area contributed by atoms with Crippen LogP contribution in [0.2, 0.25) is 0 Å². The van der Waals surface area contributed by atoms with Crippen LogP contribution in [0.4, 0.5) is 4.39 Å². The molecule has 1 aromatic carbocycles. The number of likely N-dealkylation sites (N-methyl/N-ethyl adjacent to an activating group) is 1. The van der Waals surface area contributed by atoms with Gasteiger partial charge in [-0.3, -0.25) is 0 Å². The normalized spacial score (nSPS) is 10.8. The van der Waals surface area contributed by atoms with Crippen molar-refractivity contribution in [2.24, 2.45) is 0 Å². The molecule has 0 amide bonds. The number of rotatable bonds is 5. The summed E-state index contributed by atoms with van der Waals surface area (Å²) in [5.41, 5.74) is 0.811. The molecule has 0 spiro atoms. The number of nitrogens with one attached hydrogen (secondary N) is 1. The molecule has 0 aliphatic carbocycles. The number of hydrogen-bond acceptors (Lipinski definition) is 3. The molecule has 0 aliphatic rings. The van der Waals surface area contributed by atoms with Crippen molar-refractivity contribution in [2.45, 2.75) is 13.3 Å². The summed E-state index contributed by atoms with van der Waals surface area (Å²) in [6.07, 6.45) is 2.41. The molecule has 5 heteroatoms.